The number of aliphatic hydroxyl groups excluding tert-OH is 1. The molecule has 0 radical (unpaired) electrons. The molecule has 0 heterocycles. The van der Waals surface area contributed by atoms with Crippen LogP contribution in [0.1, 0.15) is 0 Å². The van der Waals surface area contributed by atoms with Crippen molar-refractivity contribution in [3.05, 3.63) is 35.5 Å². The van der Waals surface area contributed by atoms with Gasteiger partial charge < -0.3 is 19.9 Å². The summed E-state index contributed by atoms with van der Waals surface area (Å²) in [5.41, 5.74) is 0.365. The molecule has 0 saturated heterocycles. The van der Waals surface area contributed by atoms with E-state index in [0.717, 1.165) is 0 Å². The second-order valence-electron chi connectivity index (χ2n) is 3.10. The minimum Gasteiger partial charge on any atom is -0.592 e. The molecule has 0 amide bonds. The molecule has 1 atom stereocenters. The molecule has 0 aliphatic rings. The van der Waals surface area contributed by atoms with Crippen molar-refractivity contribution in [2.24, 2.45) is 5.28 Å². The van der Waals surface area contributed by atoms with Crippen LogP contribution in [0.15, 0.2) is 35.6 Å². The molecule has 1 aromatic carbocycles. The molecular formula is C10H14N2O4. The molecule has 0 bridgehead atoms. The van der Waals surface area contributed by atoms with E-state index in [0.29, 0.717) is 10.5 Å². The molecule has 6 nitrogen and oxygen atoms in total. The number of methoxy groups -OCH3 is 1. The molecule has 0 spiro atoms. The molecule has 0 saturated carbocycles. The number of nitrogens with zero attached hydrogens (tertiary/aromatic N) is 2. The average Bonchev–Trinajstić information content (AvgIpc) is 2.30. The van der Waals surface area contributed by atoms with Crippen LogP contribution in [-0.2, 0) is 9.57 Å². The maximum atomic E-state index is 11.3. The van der Waals surface area contributed by atoms with Crippen molar-refractivity contribution in [1.82, 2.24) is 0 Å². The first kappa shape index (κ1) is 12.4. The van der Waals surface area contributed by atoms with Crippen molar-refractivity contribution < 1.29 is 19.5 Å². The van der Waals surface area contributed by atoms with Gasteiger partial charge in [-0.15, -0.1) is 0 Å². The molecule has 1 rings (SSSR count). The first-order chi connectivity index (χ1) is 7.74. The first-order valence-corrected chi connectivity index (χ1v) is 4.76. The maximum absolute atomic E-state index is 11.3. The number of rotatable bonds is 6. The molecule has 1 unspecified atom stereocenters. The van der Waals surface area contributed by atoms with Gasteiger partial charge in [-0.2, -0.15) is 0 Å². The summed E-state index contributed by atoms with van der Waals surface area (Å²) in [6, 6.07) is 8.43. The van der Waals surface area contributed by atoms with Gasteiger partial charge in [-0.25, -0.2) is 0 Å². The van der Waals surface area contributed by atoms with Crippen LogP contribution in [0.3, 0.4) is 0 Å². The van der Waals surface area contributed by atoms with Crippen molar-refractivity contribution in [1.29, 1.82) is 0 Å². The van der Waals surface area contributed by atoms with Gasteiger partial charge in [0.1, 0.15) is 6.10 Å². The predicted octanol–water partition coefficient (Wildman–Crippen LogP) is 1.22. The topological polar surface area (TPSA) is 77.1 Å². The summed E-state index contributed by atoms with van der Waals surface area (Å²) in [4.78, 5) is 5.02. The van der Waals surface area contributed by atoms with Crippen molar-refractivity contribution in [3.8, 4) is 0 Å². The van der Waals surface area contributed by atoms with E-state index in [2.05, 4.69) is 14.9 Å². The molecule has 0 aliphatic carbocycles. The predicted molar refractivity (Wildman–Crippen MR) is 56.0 cm³/mol. The van der Waals surface area contributed by atoms with Crippen LogP contribution in [0.5, 0.6) is 0 Å². The van der Waals surface area contributed by atoms with Gasteiger partial charge in [0.15, 0.2) is 6.61 Å². The molecule has 88 valence electrons. The minimum absolute atomic E-state index is 0.0839. The fraction of sp³-hybridized carbons (Fsp3) is 0.400. The van der Waals surface area contributed by atoms with Crippen molar-refractivity contribution >= 4 is 5.69 Å². The third-order valence-corrected chi connectivity index (χ3v) is 1.73. The first-order valence-electron chi connectivity index (χ1n) is 4.76. The number of benzene rings is 1. The fourth-order valence-corrected chi connectivity index (χ4v) is 1.01. The zero-order valence-corrected chi connectivity index (χ0v) is 8.94. The Labute approximate surface area is 93.3 Å². The fourth-order valence-electron chi connectivity index (χ4n) is 1.01. The molecule has 0 aliphatic heterocycles. The number of aliphatic hydroxyl groups is 1. The standard InChI is InChI=1S/C10H14N2O4/c1-15-7-10(13)8-16-11-12(14)9-5-3-2-4-6-9/h2-6,10,13H,7-8H2,1H3/b12-11-. The highest BCUT2D eigenvalue weighted by Crippen LogP contribution is 2.09. The second kappa shape index (κ2) is 6.76. The lowest BCUT2D eigenvalue weighted by atomic mass is 10.3. The van der Waals surface area contributed by atoms with Gasteiger partial charge >= 0.3 is 0 Å². The van der Waals surface area contributed by atoms with Crippen molar-refractivity contribution in [2.45, 2.75) is 6.10 Å². The lowest BCUT2D eigenvalue weighted by molar-refractivity contribution is -0.479. The van der Waals surface area contributed by atoms with E-state index in [4.69, 9.17) is 0 Å². The van der Waals surface area contributed by atoms with E-state index in [1.165, 1.54) is 7.11 Å². The Hall–Kier alpha value is -1.66. The van der Waals surface area contributed by atoms with Crippen LogP contribution in [-0.4, -0.2) is 36.4 Å². The lowest BCUT2D eigenvalue weighted by Gasteiger charge is -2.05. The third kappa shape index (κ3) is 4.24. The van der Waals surface area contributed by atoms with E-state index in [1.807, 2.05) is 0 Å². The van der Waals surface area contributed by atoms with Crippen molar-refractivity contribution in [2.75, 3.05) is 20.3 Å². The highest BCUT2D eigenvalue weighted by Gasteiger charge is 2.06. The maximum Gasteiger partial charge on any atom is 0.248 e. The second-order valence-corrected chi connectivity index (χ2v) is 3.10. The van der Waals surface area contributed by atoms with E-state index in [-0.39, 0.29) is 13.2 Å². The Bertz CT molecular complexity index is 329. The molecule has 0 aromatic heterocycles. The van der Waals surface area contributed by atoms with Gasteiger partial charge in [0, 0.05) is 19.2 Å². The van der Waals surface area contributed by atoms with E-state index in [1.54, 1.807) is 30.3 Å². The van der Waals surface area contributed by atoms with Gasteiger partial charge in [-0.3, -0.25) is 0 Å². The summed E-state index contributed by atoms with van der Waals surface area (Å²) in [6.45, 7) is 0.0547. The summed E-state index contributed by atoms with van der Waals surface area (Å²) in [7, 11) is 1.46. The van der Waals surface area contributed by atoms with Crippen LogP contribution in [0, 0.1) is 5.21 Å². The molecule has 0 fully saturated rings. The Balaban J connectivity index is 2.40. The van der Waals surface area contributed by atoms with Crippen LogP contribution >= 0.6 is 0 Å². The van der Waals surface area contributed by atoms with Gasteiger partial charge in [-0.05, 0) is 4.86 Å². The van der Waals surface area contributed by atoms with Crippen LogP contribution < -0.4 is 0 Å². The van der Waals surface area contributed by atoms with Crippen LogP contribution in [0.4, 0.5) is 5.69 Å². The molecule has 16 heavy (non-hydrogen) atoms. The van der Waals surface area contributed by atoms with Crippen LogP contribution in [0.25, 0.3) is 0 Å². The summed E-state index contributed by atoms with van der Waals surface area (Å²) in [6.07, 6.45) is -0.794. The number of ether oxygens (including phenoxy) is 1. The Morgan fingerprint density at radius 3 is 2.69 bits per heavy atom. The van der Waals surface area contributed by atoms with Crippen LogP contribution in [0.2, 0.25) is 0 Å². The Morgan fingerprint density at radius 1 is 1.38 bits per heavy atom. The smallest absolute Gasteiger partial charge is 0.248 e. The number of hydrogen-bond acceptors (Lipinski definition) is 5. The summed E-state index contributed by atoms with van der Waals surface area (Å²) in [5, 5.41) is 23.8. The Kier molecular flexibility index (Phi) is 5.24. The zero-order valence-electron chi connectivity index (χ0n) is 8.94. The highest BCUT2D eigenvalue weighted by molar-refractivity contribution is 5.27. The molecule has 1 aromatic rings. The lowest BCUT2D eigenvalue weighted by Crippen LogP contribution is -2.19. The third-order valence-electron chi connectivity index (χ3n) is 1.73. The molecular weight excluding hydrogens is 212 g/mol. The van der Waals surface area contributed by atoms with Gasteiger partial charge in [0.2, 0.25) is 11.0 Å². The molecule has 6 heteroatoms. The summed E-state index contributed by atoms with van der Waals surface area (Å²) < 4.78 is 4.68. The number of para-hydroxylation sites is 1. The SMILES string of the molecule is COCC(O)CO/N=[N+](\[O-])c1ccccc1. The van der Waals surface area contributed by atoms with Gasteiger partial charge in [0.05, 0.1) is 6.61 Å². The summed E-state index contributed by atoms with van der Waals surface area (Å²) in [5.74, 6) is 0. The zero-order chi connectivity index (χ0) is 11.8. The average molecular weight is 226 g/mol. The Morgan fingerprint density at radius 2 is 2.06 bits per heavy atom. The summed E-state index contributed by atoms with van der Waals surface area (Å²) >= 11 is 0. The molecule has 1 N–H and O–H groups in total. The van der Waals surface area contributed by atoms with Crippen molar-refractivity contribution in [3.63, 3.8) is 0 Å². The van der Waals surface area contributed by atoms with Gasteiger partial charge in [-0.1, -0.05) is 18.2 Å². The quantitative estimate of drug-likeness (QED) is 0.449. The van der Waals surface area contributed by atoms with E-state index < -0.39 is 6.10 Å². The van der Waals surface area contributed by atoms with E-state index in [9.17, 15) is 10.3 Å². The number of hydrogen-bond donors (Lipinski definition) is 1. The van der Waals surface area contributed by atoms with Gasteiger partial charge in [0.25, 0.3) is 0 Å². The highest BCUT2D eigenvalue weighted by atomic mass is 16.7. The normalized spacial score (nSPS) is 13.5. The minimum atomic E-state index is -0.794. The monoisotopic (exact) mass is 226 g/mol. The van der Waals surface area contributed by atoms with E-state index >= 15 is 0 Å². The largest absolute Gasteiger partial charge is 0.592 e.